The molecule has 1 aromatic heterocycles. The summed E-state index contributed by atoms with van der Waals surface area (Å²) in [5.74, 6) is 0. The van der Waals surface area contributed by atoms with Gasteiger partial charge in [-0.2, -0.15) is 0 Å². The number of aryl methyl sites for hydroxylation is 1. The average Bonchev–Trinajstić information content (AvgIpc) is 2.63. The molecule has 3 rings (SSSR count). The van der Waals surface area contributed by atoms with Crippen LogP contribution in [0.15, 0.2) is 42.6 Å². The molecule has 1 saturated heterocycles. The lowest BCUT2D eigenvalue weighted by Gasteiger charge is -2.37. The topological polar surface area (TPSA) is 48.5 Å². The van der Waals surface area contributed by atoms with E-state index in [-0.39, 0.29) is 6.03 Å². The van der Waals surface area contributed by atoms with Gasteiger partial charge in [0.15, 0.2) is 0 Å². The van der Waals surface area contributed by atoms with Gasteiger partial charge < -0.3 is 15.1 Å². The number of nitrogens with one attached hydrogen (secondary N) is 1. The van der Waals surface area contributed by atoms with Crippen LogP contribution in [0.1, 0.15) is 16.8 Å². The third-order valence-electron chi connectivity index (χ3n) is 4.63. The minimum Gasteiger partial charge on any atom is -0.368 e. The van der Waals surface area contributed by atoms with Crippen LogP contribution in [0.5, 0.6) is 0 Å². The third kappa shape index (κ3) is 3.67. The van der Waals surface area contributed by atoms with Crippen molar-refractivity contribution in [2.75, 3.05) is 31.1 Å². The number of anilines is 1. The molecule has 5 heteroatoms. The number of urea groups is 1. The van der Waals surface area contributed by atoms with Crippen LogP contribution in [0.4, 0.5) is 10.5 Å². The fourth-order valence-corrected chi connectivity index (χ4v) is 3.01. The number of aromatic nitrogens is 1. The fourth-order valence-electron chi connectivity index (χ4n) is 3.01. The van der Waals surface area contributed by atoms with Crippen molar-refractivity contribution >= 4 is 11.7 Å². The average molecular weight is 324 g/mol. The molecule has 0 aliphatic carbocycles. The molecule has 0 saturated carbocycles. The second-order valence-corrected chi connectivity index (χ2v) is 6.17. The second kappa shape index (κ2) is 7.34. The molecule has 5 nitrogen and oxygen atoms in total. The molecule has 1 aliphatic rings. The minimum atomic E-state index is -0.0127. The van der Waals surface area contributed by atoms with Gasteiger partial charge in [0.25, 0.3) is 0 Å². The lowest BCUT2D eigenvalue weighted by molar-refractivity contribution is 0.194. The second-order valence-electron chi connectivity index (χ2n) is 6.17. The minimum absolute atomic E-state index is 0.0127. The SMILES string of the molecule is Cc1cccc(N2CCN(C(=O)NCc3ccccn3)CC2)c1C. The zero-order valence-electron chi connectivity index (χ0n) is 14.3. The number of rotatable bonds is 3. The first kappa shape index (κ1) is 16.3. The van der Waals surface area contributed by atoms with Crippen LogP contribution in [-0.4, -0.2) is 42.1 Å². The van der Waals surface area contributed by atoms with Gasteiger partial charge in [-0.25, -0.2) is 4.79 Å². The lowest BCUT2D eigenvalue weighted by atomic mass is 10.1. The summed E-state index contributed by atoms with van der Waals surface area (Å²) in [6.45, 7) is 7.97. The van der Waals surface area contributed by atoms with Crippen molar-refractivity contribution in [3.8, 4) is 0 Å². The summed E-state index contributed by atoms with van der Waals surface area (Å²) in [5, 5.41) is 2.95. The third-order valence-corrected chi connectivity index (χ3v) is 4.63. The lowest BCUT2D eigenvalue weighted by Crippen LogP contribution is -2.51. The Morgan fingerprint density at radius 1 is 1.08 bits per heavy atom. The van der Waals surface area contributed by atoms with Crippen LogP contribution in [-0.2, 0) is 6.54 Å². The summed E-state index contributed by atoms with van der Waals surface area (Å²) in [6.07, 6.45) is 1.74. The smallest absolute Gasteiger partial charge is 0.317 e. The molecular formula is C19H24N4O. The first-order valence-electron chi connectivity index (χ1n) is 8.39. The summed E-state index contributed by atoms with van der Waals surface area (Å²) < 4.78 is 0. The Morgan fingerprint density at radius 3 is 2.58 bits per heavy atom. The Balaban J connectivity index is 1.53. The monoisotopic (exact) mass is 324 g/mol. The Bertz CT molecular complexity index is 694. The van der Waals surface area contributed by atoms with Gasteiger partial charge in [-0.1, -0.05) is 18.2 Å². The normalized spacial score (nSPS) is 14.6. The van der Waals surface area contributed by atoms with Gasteiger partial charge in [-0.3, -0.25) is 4.98 Å². The van der Waals surface area contributed by atoms with E-state index in [1.54, 1.807) is 6.20 Å². The standard InChI is InChI=1S/C19H24N4O/c1-15-6-5-8-18(16(15)2)22-10-12-23(13-11-22)19(24)21-14-17-7-3-4-9-20-17/h3-9H,10-14H2,1-2H3,(H,21,24). The van der Waals surface area contributed by atoms with E-state index in [2.05, 4.69) is 47.2 Å². The first-order valence-corrected chi connectivity index (χ1v) is 8.39. The molecule has 2 heterocycles. The zero-order chi connectivity index (χ0) is 16.9. The molecule has 0 spiro atoms. The van der Waals surface area contributed by atoms with Gasteiger partial charge in [0.2, 0.25) is 0 Å². The van der Waals surface area contributed by atoms with E-state index in [1.165, 1.54) is 16.8 Å². The van der Waals surface area contributed by atoms with E-state index >= 15 is 0 Å². The number of hydrogen-bond donors (Lipinski definition) is 1. The maximum absolute atomic E-state index is 12.3. The van der Waals surface area contributed by atoms with Crippen LogP contribution in [0.3, 0.4) is 0 Å². The Labute approximate surface area is 143 Å². The van der Waals surface area contributed by atoms with E-state index in [0.717, 1.165) is 31.9 Å². The summed E-state index contributed by atoms with van der Waals surface area (Å²) in [7, 11) is 0. The molecule has 0 unspecified atom stereocenters. The van der Waals surface area contributed by atoms with Crippen molar-refractivity contribution in [2.45, 2.75) is 20.4 Å². The predicted octanol–water partition coefficient (Wildman–Crippen LogP) is 2.73. The Hall–Kier alpha value is -2.56. The number of hydrogen-bond acceptors (Lipinski definition) is 3. The highest BCUT2D eigenvalue weighted by atomic mass is 16.2. The van der Waals surface area contributed by atoms with Crippen molar-refractivity contribution in [2.24, 2.45) is 0 Å². The predicted molar refractivity (Wildman–Crippen MR) is 96.2 cm³/mol. The maximum atomic E-state index is 12.3. The number of pyridine rings is 1. The molecule has 1 fully saturated rings. The van der Waals surface area contributed by atoms with E-state index in [4.69, 9.17) is 0 Å². The number of piperazine rings is 1. The van der Waals surface area contributed by atoms with Gasteiger partial charge in [0, 0.05) is 38.1 Å². The zero-order valence-corrected chi connectivity index (χ0v) is 14.3. The Kier molecular flexibility index (Phi) is 4.99. The van der Waals surface area contributed by atoms with Crippen molar-refractivity contribution in [1.82, 2.24) is 15.2 Å². The molecule has 0 atom stereocenters. The number of benzene rings is 1. The largest absolute Gasteiger partial charge is 0.368 e. The number of carbonyl (C=O) groups excluding carboxylic acids is 1. The molecule has 24 heavy (non-hydrogen) atoms. The van der Waals surface area contributed by atoms with Crippen LogP contribution < -0.4 is 10.2 Å². The highest BCUT2D eigenvalue weighted by Crippen LogP contribution is 2.23. The van der Waals surface area contributed by atoms with Crippen LogP contribution in [0.2, 0.25) is 0 Å². The van der Waals surface area contributed by atoms with Crippen molar-refractivity contribution in [3.63, 3.8) is 0 Å². The summed E-state index contributed by atoms with van der Waals surface area (Å²) in [5.41, 5.74) is 4.79. The molecule has 1 aromatic carbocycles. The molecule has 126 valence electrons. The van der Waals surface area contributed by atoms with Crippen molar-refractivity contribution < 1.29 is 4.79 Å². The Morgan fingerprint density at radius 2 is 1.88 bits per heavy atom. The van der Waals surface area contributed by atoms with Crippen LogP contribution in [0.25, 0.3) is 0 Å². The highest BCUT2D eigenvalue weighted by Gasteiger charge is 2.22. The molecule has 1 aliphatic heterocycles. The number of amides is 2. The van der Waals surface area contributed by atoms with Crippen molar-refractivity contribution in [3.05, 3.63) is 59.4 Å². The molecule has 0 bridgehead atoms. The highest BCUT2D eigenvalue weighted by molar-refractivity contribution is 5.74. The molecule has 2 aromatic rings. The van der Waals surface area contributed by atoms with Crippen LogP contribution in [0, 0.1) is 13.8 Å². The van der Waals surface area contributed by atoms with E-state index in [9.17, 15) is 4.79 Å². The van der Waals surface area contributed by atoms with Gasteiger partial charge in [-0.15, -0.1) is 0 Å². The van der Waals surface area contributed by atoms with E-state index < -0.39 is 0 Å². The fraction of sp³-hybridized carbons (Fsp3) is 0.368. The number of nitrogens with zero attached hydrogens (tertiary/aromatic N) is 3. The van der Waals surface area contributed by atoms with Gasteiger partial charge >= 0.3 is 6.03 Å². The summed E-state index contributed by atoms with van der Waals surface area (Å²) >= 11 is 0. The quantitative estimate of drug-likeness (QED) is 0.944. The van der Waals surface area contributed by atoms with E-state index in [1.807, 2.05) is 23.1 Å². The summed E-state index contributed by atoms with van der Waals surface area (Å²) in [4.78, 5) is 20.8. The summed E-state index contributed by atoms with van der Waals surface area (Å²) in [6, 6.07) is 12.1. The molecule has 2 amide bonds. The maximum Gasteiger partial charge on any atom is 0.317 e. The van der Waals surface area contributed by atoms with Crippen molar-refractivity contribution in [1.29, 1.82) is 0 Å². The van der Waals surface area contributed by atoms with E-state index in [0.29, 0.717) is 6.54 Å². The van der Waals surface area contributed by atoms with Gasteiger partial charge in [-0.05, 0) is 43.2 Å². The molecular weight excluding hydrogens is 300 g/mol. The van der Waals surface area contributed by atoms with Gasteiger partial charge in [0.1, 0.15) is 0 Å². The molecule has 0 radical (unpaired) electrons. The van der Waals surface area contributed by atoms with Crippen LogP contribution >= 0.6 is 0 Å². The molecule has 1 N–H and O–H groups in total. The van der Waals surface area contributed by atoms with Gasteiger partial charge in [0.05, 0.1) is 12.2 Å². The number of carbonyl (C=O) groups is 1. The first-order chi connectivity index (χ1) is 11.6.